The normalized spacial score (nSPS) is 11.0. The molecule has 1 aromatic heterocycles. The Labute approximate surface area is 112 Å². The fourth-order valence-electron chi connectivity index (χ4n) is 2.39. The van der Waals surface area contributed by atoms with Crippen LogP contribution in [0.4, 0.5) is 0 Å². The van der Waals surface area contributed by atoms with E-state index in [1.165, 1.54) is 0 Å². The zero-order valence-corrected chi connectivity index (χ0v) is 10.9. The van der Waals surface area contributed by atoms with Crippen molar-refractivity contribution in [3.63, 3.8) is 0 Å². The van der Waals surface area contributed by atoms with Gasteiger partial charge in [0.1, 0.15) is 5.75 Å². The number of aromatic nitrogens is 2. The first-order valence-electron chi connectivity index (χ1n) is 6.53. The average Bonchev–Trinajstić information content (AvgIpc) is 2.88. The van der Waals surface area contributed by atoms with Gasteiger partial charge in [0, 0.05) is 23.7 Å². The number of nitrogens with zero attached hydrogens (tertiary/aromatic N) is 2. The third-order valence-electron chi connectivity index (χ3n) is 3.30. The summed E-state index contributed by atoms with van der Waals surface area (Å²) >= 11 is 0. The van der Waals surface area contributed by atoms with E-state index in [2.05, 4.69) is 18.2 Å². The van der Waals surface area contributed by atoms with Gasteiger partial charge in [0.2, 0.25) is 0 Å². The van der Waals surface area contributed by atoms with Crippen molar-refractivity contribution in [2.24, 2.45) is 0 Å². The summed E-state index contributed by atoms with van der Waals surface area (Å²) in [4.78, 5) is 0. The molecule has 96 valence electrons. The molecule has 0 aliphatic heterocycles. The predicted octanol–water partition coefficient (Wildman–Crippen LogP) is 3.82. The summed E-state index contributed by atoms with van der Waals surface area (Å²) in [5.74, 6) is 0.320. The van der Waals surface area contributed by atoms with E-state index in [1.807, 2.05) is 41.2 Å². The molecule has 2 aromatic carbocycles. The Morgan fingerprint density at radius 2 is 1.89 bits per heavy atom. The average molecular weight is 252 g/mol. The Hall–Kier alpha value is -2.29. The molecule has 0 radical (unpaired) electrons. The van der Waals surface area contributed by atoms with Crippen LogP contribution in [0.1, 0.15) is 13.3 Å². The molecule has 0 bridgehead atoms. The zero-order valence-electron chi connectivity index (χ0n) is 10.9. The molecule has 0 unspecified atom stereocenters. The van der Waals surface area contributed by atoms with Crippen molar-refractivity contribution in [1.29, 1.82) is 0 Å². The number of rotatable bonds is 3. The van der Waals surface area contributed by atoms with Crippen LogP contribution >= 0.6 is 0 Å². The van der Waals surface area contributed by atoms with Crippen LogP contribution in [0.15, 0.2) is 48.8 Å². The fraction of sp³-hybridized carbons (Fsp3) is 0.188. The second-order valence-corrected chi connectivity index (χ2v) is 4.67. The Morgan fingerprint density at radius 1 is 1.11 bits per heavy atom. The van der Waals surface area contributed by atoms with Gasteiger partial charge in [-0.15, -0.1) is 0 Å². The number of aryl methyl sites for hydroxylation is 1. The summed E-state index contributed by atoms with van der Waals surface area (Å²) in [6, 6.07) is 11.6. The van der Waals surface area contributed by atoms with E-state index in [-0.39, 0.29) is 0 Å². The van der Waals surface area contributed by atoms with E-state index in [0.717, 1.165) is 34.9 Å². The van der Waals surface area contributed by atoms with Crippen molar-refractivity contribution in [2.75, 3.05) is 0 Å². The molecule has 0 atom stereocenters. The Kier molecular flexibility index (Phi) is 2.95. The Balaban J connectivity index is 2.16. The van der Waals surface area contributed by atoms with Crippen LogP contribution < -0.4 is 0 Å². The summed E-state index contributed by atoms with van der Waals surface area (Å²) in [7, 11) is 0. The highest BCUT2D eigenvalue weighted by Crippen LogP contribution is 2.33. The molecule has 0 fully saturated rings. The van der Waals surface area contributed by atoms with E-state index in [0.29, 0.717) is 5.75 Å². The van der Waals surface area contributed by atoms with Gasteiger partial charge in [-0.3, -0.25) is 4.68 Å². The molecule has 3 aromatic rings. The maximum absolute atomic E-state index is 9.91. The van der Waals surface area contributed by atoms with Crippen molar-refractivity contribution in [3.8, 4) is 16.9 Å². The number of aromatic hydroxyl groups is 1. The van der Waals surface area contributed by atoms with Crippen LogP contribution in [0.2, 0.25) is 0 Å². The zero-order chi connectivity index (χ0) is 13.2. The highest BCUT2D eigenvalue weighted by molar-refractivity contribution is 5.99. The number of fused-ring (bicyclic) bond motifs is 1. The molecule has 1 heterocycles. The van der Waals surface area contributed by atoms with Crippen molar-refractivity contribution < 1.29 is 5.11 Å². The van der Waals surface area contributed by atoms with Gasteiger partial charge in [0.05, 0.1) is 6.20 Å². The molecule has 3 rings (SSSR count). The van der Waals surface area contributed by atoms with Gasteiger partial charge in [-0.2, -0.15) is 5.10 Å². The van der Waals surface area contributed by atoms with E-state index < -0.39 is 0 Å². The van der Waals surface area contributed by atoms with E-state index >= 15 is 0 Å². The SMILES string of the molecule is CCCn1cc(-c2ccc(O)c3ccccc23)cn1. The molecule has 0 aliphatic carbocycles. The Morgan fingerprint density at radius 3 is 2.68 bits per heavy atom. The molecule has 1 N–H and O–H groups in total. The quantitative estimate of drug-likeness (QED) is 0.769. The van der Waals surface area contributed by atoms with Gasteiger partial charge in [-0.1, -0.05) is 31.2 Å². The summed E-state index contributed by atoms with van der Waals surface area (Å²) < 4.78 is 1.96. The van der Waals surface area contributed by atoms with Crippen molar-refractivity contribution in [1.82, 2.24) is 9.78 Å². The van der Waals surface area contributed by atoms with E-state index in [4.69, 9.17) is 0 Å². The van der Waals surface area contributed by atoms with Crippen molar-refractivity contribution in [2.45, 2.75) is 19.9 Å². The first-order chi connectivity index (χ1) is 9.29. The summed E-state index contributed by atoms with van der Waals surface area (Å²) in [5.41, 5.74) is 2.19. The molecule has 3 heteroatoms. The predicted molar refractivity (Wildman–Crippen MR) is 77.1 cm³/mol. The molecule has 19 heavy (non-hydrogen) atoms. The van der Waals surface area contributed by atoms with Gasteiger partial charge in [-0.25, -0.2) is 0 Å². The fourth-order valence-corrected chi connectivity index (χ4v) is 2.39. The molecule has 3 nitrogen and oxygen atoms in total. The summed E-state index contributed by atoms with van der Waals surface area (Å²) in [6.45, 7) is 3.06. The highest BCUT2D eigenvalue weighted by Gasteiger charge is 2.08. The molecule has 0 saturated carbocycles. The van der Waals surface area contributed by atoms with Gasteiger partial charge in [0.25, 0.3) is 0 Å². The number of hydrogen-bond acceptors (Lipinski definition) is 2. The summed E-state index contributed by atoms with van der Waals surface area (Å²) in [5, 5.41) is 16.2. The lowest BCUT2D eigenvalue weighted by Gasteiger charge is -2.06. The molecule has 0 aliphatic rings. The van der Waals surface area contributed by atoms with Crippen LogP contribution in [-0.2, 0) is 6.54 Å². The largest absolute Gasteiger partial charge is 0.507 e. The van der Waals surface area contributed by atoms with Crippen LogP contribution in [-0.4, -0.2) is 14.9 Å². The standard InChI is InChI=1S/C16H16N2O/c1-2-9-18-11-12(10-17-18)13-7-8-16(19)15-6-4-3-5-14(13)15/h3-8,10-11,19H,2,9H2,1H3. The number of phenolic OH excluding ortho intramolecular Hbond substituents is 1. The lowest BCUT2D eigenvalue weighted by atomic mass is 10.00. The third-order valence-corrected chi connectivity index (χ3v) is 3.30. The van der Waals surface area contributed by atoms with Crippen LogP contribution in [0.25, 0.3) is 21.9 Å². The minimum absolute atomic E-state index is 0.320. The van der Waals surface area contributed by atoms with E-state index in [1.54, 1.807) is 6.07 Å². The van der Waals surface area contributed by atoms with Crippen LogP contribution in [0, 0.1) is 0 Å². The summed E-state index contributed by atoms with van der Waals surface area (Å²) in [6.07, 6.45) is 5.01. The minimum atomic E-state index is 0.320. The number of benzene rings is 2. The molecular formula is C16H16N2O. The van der Waals surface area contributed by atoms with Crippen molar-refractivity contribution >= 4 is 10.8 Å². The van der Waals surface area contributed by atoms with Crippen LogP contribution in [0.3, 0.4) is 0 Å². The highest BCUT2D eigenvalue weighted by atomic mass is 16.3. The smallest absolute Gasteiger partial charge is 0.123 e. The Bertz CT molecular complexity index is 716. The number of phenols is 1. The monoisotopic (exact) mass is 252 g/mol. The molecule has 0 spiro atoms. The second-order valence-electron chi connectivity index (χ2n) is 4.67. The minimum Gasteiger partial charge on any atom is -0.507 e. The molecule has 0 amide bonds. The first-order valence-corrected chi connectivity index (χ1v) is 6.53. The lowest BCUT2D eigenvalue weighted by molar-refractivity contribution is 0.481. The van der Waals surface area contributed by atoms with Gasteiger partial charge in [-0.05, 0) is 29.5 Å². The maximum Gasteiger partial charge on any atom is 0.123 e. The van der Waals surface area contributed by atoms with Gasteiger partial charge < -0.3 is 5.11 Å². The first kappa shape index (κ1) is 11.8. The molecule has 0 saturated heterocycles. The van der Waals surface area contributed by atoms with Gasteiger partial charge >= 0.3 is 0 Å². The number of hydrogen-bond donors (Lipinski definition) is 1. The maximum atomic E-state index is 9.91. The molecular weight excluding hydrogens is 236 g/mol. The van der Waals surface area contributed by atoms with Crippen molar-refractivity contribution in [3.05, 3.63) is 48.8 Å². The third kappa shape index (κ3) is 2.08. The topological polar surface area (TPSA) is 38.0 Å². The van der Waals surface area contributed by atoms with Crippen LogP contribution in [0.5, 0.6) is 5.75 Å². The lowest BCUT2D eigenvalue weighted by Crippen LogP contribution is -1.95. The van der Waals surface area contributed by atoms with E-state index in [9.17, 15) is 5.11 Å². The second kappa shape index (κ2) is 4.76. The van der Waals surface area contributed by atoms with Gasteiger partial charge in [0.15, 0.2) is 0 Å².